The minimum Gasteiger partial charge on any atom is -0.359 e. The van der Waals surface area contributed by atoms with Gasteiger partial charge in [0, 0.05) is 18.2 Å². The molecule has 0 radical (unpaired) electrons. The summed E-state index contributed by atoms with van der Waals surface area (Å²) in [5.74, 6) is 0.941. The van der Waals surface area contributed by atoms with Crippen LogP contribution < -0.4 is 10.6 Å². The zero-order valence-corrected chi connectivity index (χ0v) is 13.7. The quantitative estimate of drug-likeness (QED) is 0.636. The van der Waals surface area contributed by atoms with Crippen LogP contribution in [0.5, 0.6) is 0 Å². The fourth-order valence-corrected chi connectivity index (χ4v) is 3.16. The molecule has 1 aromatic carbocycles. The molecule has 4 rings (SSSR count). The fourth-order valence-electron chi connectivity index (χ4n) is 2.65. The summed E-state index contributed by atoms with van der Waals surface area (Å²) in [5, 5.41) is 7.63. The Balaban J connectivity index is 1.39. The third-order valence-electron chi connectivity index (χ3n) is 3.87. The number of imidazole rings is 1. The average molecular weight is 344 g/mol. The zero-order chi connectivity index (χ0) is 15.8. The molecule has 1 fully saturated rings. The summed E-state index contributed by atoms with van der Waals surface area (Å²) in [5.41, 5.74) is 2.81. The highest BCUT2D eigenvalue weighted by Gasteiger charge is 2.41. The molecule has 23 heavy (non-hydrogen) atoms. The number of benzene rings is 1. The lowest BCUT2D eigenvalue weighted by atomic mass is 10.2. The first-order valence-corrected chi connectivity index (χ1v) is 8.12. The van der Waals surface area contributed by atoms with E-state index in [9.17, 15) is 0 Å². The molecular weight excluding hydrogens is 330 g/mol. The van der Waals surface area contributed by atoms with Crippen LogP contribution in [0.2, 0.25) is 5.02 Å². The second kappa shape index (κ2) is 5.79. The van der Waals surface area contributed by atoms with Crippen molar-refractivity contribution in [3.05, 3.63) is 53.3 Å². The topological polar surface area (TPSA) is 65.6 Å². The third kappa shape index (κ3) is 3.00. The second-order valence-corrected chi connectivity index (χ2v) is 6.34. The standard InChI is InChI=1S/C16H14ClN5S/c17-10-4-3-7-18-14(10)9-8-13(9)21-16(23)22-15-19-11-5-1-2-6-12(11)20-15/h1-7,9,13H,8H2,(H3,19,20,21,22,23). The van der Waals surface area contributed by atoms with Crippen LogP contribution in [0, 0.1) is 0 Å². The van der Waals surface area contributed by atoms with Gasteiger partial charge in [0.2, 0.25) is 5.95 Å². The molecule has 0 saturated heterocycles. The summed E-state index contributed by atoms with van der Waals surface area (Å²) in [7, 11) is 0. The average Bonchev–Trinajstić information content (AvgIpc) is 3.16. The SMILES string of the molecule is S=C(Nc1nc2ccccc2[nH]1)NC1CC1c1ncccc1Cl. The van der Waals surface area contributed by atoms with Gasteiger partial charge in [-0.05, 0) is 42.9 Å². The number of anilines is 1. The van der Waals surface area contributed by atoms with Gasteiger partial charge in [0.15, 0.2) is 5.11 Å². The Labute approximate surface area is 143 Å². The van der Waals surface area contributed by atoms with Crippen LogP contribution >= 0.6 is 23.8 Å². The van der Waals surface area contributed by atoms with E-state index >= 15 is 0 Å². The van der Waals surface area contributed by atoms with E-state index in [0.29, 0.717) is 22.0 Å². The first kappa shape index (κ1) is 14.4. The van der Waals surface area contributed by atoms with Gasteiger partial charge in [0.25, 0.3) is 0 Å². The number of nitrogens with one attached hydrogen (secondary N) is 3. The van der Waals surface area contributed by atoms with Gasteiger partial charge >= 0.3 is 0 Å². The molecule has 0 aliphatic heterocycles. The highest BCUT2D eigenvalue weighted by atomic mass is 35.5. The van der Waals surface area contributed by atoms with Crippen LogP contribution in [0.15, 0.2) is 42.6 Å². The second-order valence-electron chi connectivity index (χ2n) is 5.52. The Morgan fingerprint density at radius 3 is 2.96 bits per heavy atom. The van der Waals surface area contributed by atoms with Gasteiger partial charge in [-0.2, -0.15) is 0 Å². The number of thiocarbonyl (C=S) groups is 1. The normalized spacial score (nSPS) is 19.5. The summed E-state index contributed by atoms with van der Waals surface area (Å²) in [6, 6.07) is 11.8. The van der Waals surface area contributed by atoms with E-state index in [1.165, 1.54) is 0 Å². The van der Waals surface area contributed by atoms with E-state index in [1.54, 1.807) is 6.20 Å². The van der Waals surface area contributed by atoms with Crippen LogP contribution in [-0.2, 0) is 0 Å². The number of H-pyrrole nitrogens is 1. The number of hydrogen-bond acceptors (Lipinski definition) is 3. The monoisotopic (exact) mass is 343 g/mol. The lowest BCUT2D eigenvalue weighted by Crippen LogP contribution is -2.31. The molecule has 2 aromatic heterocycles. The van der Waals surface area contributed by atoms with Gasteiger partial charge in [0.1, 0.15) is 0 Å². The van der Waals surface area contributed by atoms with Crippen molar-refractivity contribution in [1.82, 2.24) is 20.3 Å². The molecule has 7 heteroatoms. The maximum Gasteiger partial charge on any atom is 0.207 e. The fraction of sp³-hybridized carbons (Fsp3) is 0.188. The molecule has 3 aromatic rings. The number of para-hydroxylation sites is 2. The number of halogens is 1. The van der Waals surface area contributed by atoms with Crippen LogP contribution in [-0.4, -0.2) is 26.1 Å². The van der Waals surface area contributed by atoms with Crippen LogP contribution in [0.3, 0.4) is 0 Å². The lowest BCUT2D eigenvalue weighted by molar-refractivity contribution is 0.858. The first-order valence-electron chi connectivity index (χ1n) is 7.33. The van der Waals surface area contributed by atoms with Crippen molar-refractivity contribution in [2.24, 2.45) is 0 Å². The van der Waals surface area contributed by atoms with Crippen molar-refractivity contribution in [3.8, 4) is 0 Å². The van der Waals surface area contributed by atoms with Crippen LogP contribution in [0.25, 0.3) is 11.0 Å². The molecule has 2 atom stereocenters. The van der Waals surface area contributed by atoms with Crippen molar-refractivity contribution in [3.63, 3.8) is 0 Å². The van der Waals surface area contributed by atoms with Crippen molar-refractivity contribution in [2.45, 2.75) is 18.4 Å². The first-order chi connectivity index (χ1) is 11.2. The largest absolute Gasteiger partial charge is 0.359 e. The lowest BCUT2D eigenvalue weighted by Gasteiger charge is -2.08. The number of aromatic nitrogens is 3. The number of fused-ring (bicyclic) bond motifs is 1. The van der Waals surface area contributed by atoms with Gasteiger partial charge in [-0.25, -0.2) is 4.98 Å². The number of hydrogen-bond donors (Lipinski definition) is 3. The van der Waals surface area contributed by atoms with E-state index < -0.39 is 0 Å². The molecular formula is C16H14ClN5S. The molecule has 0 amide bonds. The van der Waals surface area contributed by atoms with Gasteiger partial charge in [-0.3, -0.25) is 4.98 Å². The Hall–Kier alpha value is -2.18. The van der Waals surface area contributed by atoms with E-state index in [4.69, 9.17) is 23.8 Å². The number of nitrogens with zero attached hydrogens (tertiary/aromatic N) is 2. The Bertz CT molecular complexity index is 845. The molecule has 116 valence electrons. The Kier molecular flexibility index (Phi) is 3.63. The smallest absolute Gasteiger partial charge is 0.207 e. The molecule has 5 nitrogen and oxygen atoms in total. The van der Waals surface area contributed by atoms with E-state index in [2.05, 4.69) is 25.6 Å². The summed E-state index contributed by atoms with van der Waals surface area (Å²) < 4.78 is 0. The molecule has 1 saturated carbocycles. The summed E-state index contributed by atoms with van der Waals surface area (Å²) in [4.78, 5) is 12.0. The Morgan fingerprint density at radius 2 is 2.13 bits per heavy atom. The summed E-state index contributed by atoms with van der Waals surface area (Å²) >= 11 is 11.5. The zero-order valence-electron chi connectivity index (χ0n) is 12.1. The number of rotatable bonds is 3. The van der Waals surface area contributed by atoms with Gasteiger partial charge in [-0.1, -0.05) is 23.7 Å². The molecule has 0 spiro atoms. The molecule has 2 heterocycles. The highest BCUT2D eigenvalue weighted by molar-refractivity contribution is 7.80. The van der Waals surface area contributed by atoms with Crippen molar-refractivity contribution in [2.75, 3.05) is 5.32 Å². The molecule has 0 bridgehead atoms. The minimum atomic E-state index is 0.256. The van der Waals surface area contributed by atoms with Gasteiger partial charge in [0.05, 0.1) is 21.7 Å². The van der Waals surface area contributed by atoms with Crippen molar-refractivity contribution < 1.29 is 0 Å². The van der Waals surface area contributed by atoms with Crippen LogP contribution in [0.4, 0.5) is 5.95 Å². The number of pyridine rings is 1. The van der Waals surface area contributed by atoms with E-state index in [1.807, 2.05) is 36.4 Å². The van der Waals surface area contributed by atoms with Crippen LogP contribution in [0.1, 0.15) is 18.0 Å². The summed E-state index contributed by atoms with van der Waals surface area (Å²) in [6.45, 7) is 0. The molecule has 2 unspecified atom stereocenters. The molecule has 1 aliphatic rings. The molecule has 1 aliphatic carbocycles. The predicted octanol–water partition coefficient (Wildman–Crippen LogP) is 3.45. The minimum absolute atomic E-state index is 0.256. The molecule has 3 N–H and O–H groups in total. The summed E-state index contributed by atoms with van der Waals surface area (Å²) in [6.07, 6.45) is 2.74. The highest BCUT2D eigenvalue weighted by Crippen LogP contribution is 2.42. The number of aromatic amines is 1. The van der Waals surface area contributed by atoms with Gasteiger partial charge in [-0.15, -0.1) is 0 Å². The Morgan fingerprint density at radius 1 is 1.26 bits per heavy atom. The van der Waals surface area contributed by atoms with Crippen molar-refractivity contribution >= 4 is 45.9 Å². The third-order valence-corrected chi connectivity index (χ3v) is 4.41. The van der Waals surface area contributed by atoms with Crippen molar-refractivity contribution in [1.29, 1.82) is 0 Å². The van der Waals surface area contributed by atoms with E-state index in [-0.39, 0.29) is 6.04 Å². The van der Waals surface area contributed by atoms with Gasteiger partial charge < -0.3 is 15.6 Å². The predicted molar refractivity (Wildman–Crippen MR) is 95.8 cm³/mol. The van der Waals surface area contributed by atoms with E-state index in [0.717, 1.165) is 23.1 Å². The maximum absolute atomic E-state index is 6.18. The maximum atomic E-state index is 6.18.